The van der Waals surface area contributed by atoms with Crippen LogP contribution >= 0.6 is 0 Å². The molecule has 4 nitrogen and oxygen atoms in total. The molecule has 0 spiro atoms. The van der Waals surface area contributed by atoms with Gasteiger partial charge in [0, 0.05) is 19.2 Å². The van der Waals surface area contributed by atoms with Gasteiger partial charge in [-0.1, -0.05) is 20.3 Å². The maximum atomic E-state index is 11.9. The Bertz CT molecular complexity index is 425. The molecule has 0 aliphatic heterocycles. The highest BCUT2D eigenvalue weighted by Gasteiger charge is 2.14. The van der Waals surface area contributed by atoms with Crippen LogP contribution in [0.1, 0.15) is 37.0 Å². The van der Waals surface area contributed by atoms with Gasteiger partial charge in [0.05, 0.1) is 5.56 Å². The summed E-state index contributed by atoms with van der Waals surface area (Å²) in [5.74, 6) is -0.555. The summed E-state index contributed by atoms with van der Waals surface area (Å²) in [6.07, 6.45) is 1.48. The van der Waals surface area contributed by atoms with Crippen LogP contribution in [0.25, 0.3) is 0 Å². The molecule has 4 heteroatoms. The second-order valence-corrected chi connectivity index (χ2v) is 4.52. The topological polar surface area (TPSA) is 57.6 Å². The van der Waals surface area contributed by atoms with E-state index in [0.29, 0.717) is 18.0 Å². The maximum Gasteiger partial charge on any atom is 0.335 e. The Morgan fingerprint density at radius 3 is 2.28 bits per heavy atom. The molecule has 1 amide bonds. The van der Waals surface area contributed by atoms with Gasteiger partial charge in [-0.15, -0.1) is 0 Å². The molecular formula is C14H19NO3. The Morgan fingerprint density at radius 1 is 1.28 bits per heavy atom. The van der Waals surface area contributed by atoms with Gasteiger partial charge < -0.3 is 10.0 Å². The lowest BCUT2D eigenvalue weighted by Gasteiger charge is -2.19. The molecule has 1 atom stereocenters. The van der Waals surface area contributed by atoms with Crippen LogP contribution in [0, 0.1) is 5.92 Å². The Morgan fingerprint density at radius 2 is 1.83 bits per heavy atom. The Kier molecular flexibility index (Phi) is 4.89. The van der Waals surface area contributed by atoms with E-state index < -0.39 is 5.97 Å². The molecule has 1 rings (SSSR count). The van der Waals surface area contributed by atoms with Crippen LogP contribution in [0.2, 0.25) is 0 Å². The molecule has 98 valence electrons. The fraction of sp³-hybridized carbons (Fsp3) is 0.429. The summed E-state index contributed by atoms with van der Waals surface area (Å²) in [7, 11) is 1.71. The van der Waals surface area contributed by atoms with E-state index in [1.54, 1.807) is 24.1 Å². The van der Waals surface area contributed by atoms with E-state index in [1.165, 1.54) is 12.1 Å². The second-order valence-electron chi connectivity index (χ2n) is 4.52. The van der Waals surface area contributed by atoms with Crippen molar-refractivity contribution in [2.45, 2.75) is 26.7 Å². The van der Waals surface area contributed by atoms with E-state index in [1.807, 2.05) is 6.92 Å². The number of nitrogens with zero attached hydrogens (tertiary/aromatic N) is 1. The van der Waals surface area contributed by atoms with Crippen molar-refractivity contribution in [3.05, 3.63) is 29.8 Å². The lowest BCUT2D eigenvalue weighted by Crippen LogP contribution is -2.27. The zero-order chi connectivity index (χ0) is 13.7. The number of benzene rings is 1. The largest absolute Gasteiger partial charge is 0.478 e. The first-order chi connectivity index (χ1) is 8.45. The van der Waals surface area contributed by atoms with Gasteiger partial charge >= 0.3 is 5.97 Å². The van der Waals surface area contributed by atoms with Crippen molar-refractivity contribution in [2.75, 3.05) is 11.9 Å². The summed E-state index contributed by atoms with van der Waals surface area (Å²) < 4.78 is 0. The van der Waals surface area contributed by atoms with Gasteiger partial charge in [-0.2, -0.15) is 0 Å². The van der Waals surface area contributed by atoms with Crippen LogP contribution in [-0.4, -0.2) is 24.0 Å². The molecule has 1 N–H and O–H groups in total. The third kappa shape index (κ3) is 3.58. The molecular weight excluding hydrogens is 230 g/mol. The van der Waals surface area contributed by atoms with E-state index in [4.69, 9.17) is 5.11 Å². The molecule has 0 saturated heterocycles. The predicted octanol–water partition coefficient (Wildman–Crippen LogP) is 2.78. The van der Waals surface area contributed by atoms with E-state index in [2.05, 4.69) is 6.92 Å². The number of anilines is 1. The lowest BCUT2D eigenvalue weighted by molar-refractivity contribution is -0.119. The van der Waals surface area contributed by atoms with E-state index in [0.717, 1.165) is 6.42 Å². The summed E-state index contributed by atoms with van der Waals surface area (Å²) in [4.78, 5) is 24.2. The monoisotopic (exact) mass is 249 g/mol. The van der Waals surface area contributed by atoms with E-state index in [9.17, 15) is 9.59 Å². The number of carboxylic acid groups (broad SMARTS) is 1. The molecule has 0 aliphatic carbocycles. The normalized spacial score (nSPS) is 11.9. The van der Waals surface area contributed by atoms with Gasteiger partial charge in [-0.05, 0) is 30.2 Å². The maximum absolute atomic E-state index is 11.9. The Balaban J connectivity index is 2.74. The highest BCUT2D eigenvalue weighted by Crippen LogP contribution is 2.17. The van der Waals surface area contributed by atoms with Gasteiger partial charge in [0.2, 0.25) is 5.91 Å². The minimum Gasteiger partial charge on any atom is -0.478 e. The third-order valence-electron chi connectivity index (χ3n) is 3.10. The average molecular weight is 249 g/mol. The smallest absolute Gasteiger partial charge is 0.335 e. The highest BCUT2D eigenvalue weighted by atomic mass is 16.4. The van der Waals surface area contributed by atoms with Crippen LogP contribution in [0.3, 0.4) is 0 Å². The van der Waals surface area contributed by atoms with E-state index >= 15 is 0 Å². The summed E-state index contributed by atoms with van der Waals surface area (Å²) in [6, 6.07) is 6.31. The van der Waals surface area contributed by atoms with Crippen molar-refractivity contribution in [2.24, 2.45) is 5.92 Å². The van der Waals surface area contributed by atoms with Crippen LogP contribution in [0.5, 0.6) is 0 Å². The first-order valence-electron chi connectivity index (χ1n) is 6.05. The fourth-order valence-electron chi connectivity index (χ4n) is 1.55. The molecule has 0 bridgehead atoms. The zero-order valence-corrected chi connectivity index (χ0v) is 11.0. The first kappa shape index (κ1) is 14.2. The van der Waals surface area contributed by atoms with Crippen molar-refractivity contribution < 1.29 is 14.7 Å². The van der Waals surface area contributed by atoms with Gasteiger partial charge in [-0.3, -0.25) is 4.79 Å². The van der Waals surface area contributed by atoms with Crippen molar-refractivity contribution in [3.8, 4) is 0 Å². The molecule has 0 aromatic heterocycles. The van der Waals surface area contributed by atoms with Crippen molar-refractivity contribution in [3.63, 3.8) is 0 Å². The highest BCUT2D eigenvalue weighted by molar-refractivity contribution is 5.94. The molecule has 0 heterocycles. The number of carbonyl (C=O) groups excluding carboxylic acids is 1. The predicted molar refractivity (Wildman–Crippen MR) is 70.9 cm³/mol. The zero-order valence-electron chi connectivity index (χ0n) is 11.0. The van der Waals surface area contributed by atoms with Crippen molar-refractivity contribution in [1.82, 2.24) is 0 Å². The van der Waals surface area contributed by atoms with Crippen LogP contribution in [0.4, 0.5) is 5.69 Å². The van der Waals surface area contributed by atoms with Crippen LogP contribution < -0.4 is 4.90 Å². The summed E-state index contributed by atoms with van der Waals surface area (Å²) in [5, 5.41) is 8.79. The molecule has 1 aromatic rings. The summed E-state index contributed by atoms with van der Waals surface area (Å²) in [5.41, 5.74) is 0.940. The van der Waals surface area contributed by atoms with Crippen molar-refractivity contribution in [1.29, 1.82) is 0 Å². The molecule has 0 aliphatic rings. The SMILES string of the molecule is CCC(C)CC(=O)N(C)c1ccc(C(=O)O)cc1. The molecule has 1 aromatic carbocycles. The first-order valence-corrected chi connectivity index (χ1v) is 6.05. The van der Waals surface area contributed by atoms with Crippen LogP contribution in [0.15, 0.2) is 24.3 Å². The average Bonchev–Trinajstić information content (AvgIpc) is 2.37. The Labute approximate surface area is 107 Å². The van der Waals surface area contributed by atoms with Crippen LogP contribution in [-0.2, 0) is 4.79 Å². The number of hydrogen-bond donors (Lipinski definition) is 1. The number of hydrogen-bond acceptors (Lipinski definition) is 2. The number of aromatic carboxylic acids is 1. The minimum absolute atomic E-state index is 0.0485. The van der Waals surface area contributed by atoms with Gasteiger partial charge in [0.1, 0.15) is 0 Å². The quantitative estimate of drug-likeness (QED) is 0.873. The molecule has 1 unspecified atom stereocenters. The number of amides is 1. The summed E-state index contributed by atoms with van der Waals surface area (Å²) >= 11 is 0. The Hall–Kier alpha value is -1.84. The lowest BCUT2D eigenvalue weighted by atomic mass is 10.0. The molecule has 0 saturated carbocycles. The molecule has 0 fully saturated rings. The van der Waals surface area contributed by atoms with Gasteiger partial charge in [0.15, 0.2) is 0 Å². The van der Waals surface area contributed by atoms with Crippen molar-refractivity contribution >= 4 is 17.6 Å². The summed E-state index contributed by atoms with van der Waals surface area (Å²) in [6.45, 7) is 4.10. The molecule has 18 heavy (non-hydrogen) atoms. The molecule has 0 radical (unpaired) electrons. The standard InChI is InChI=1S/C14H19NO3/c1-4-10(2)9-13(16)15(3)12-7-5-11(6-8-12)14(17)18/h5-8,10H,4,9H2,1-3H3,(H,17,18). The minimum atomic E-state index is -0.963. The second kappa shape index (κ2) is 6.19. The number of carbonyl (C=O) groups is 2. The van der Waals surface area contributed by atoms with Gasteiger partial charge in [-0.25, -0.2) is 4.79 Å². The van der Waals surface area contributed by atoms with E-state index in [-0.39, 0.29) is 11.5 Å². The fourth-order valence-corrected chi connectivity index (χ4v) is 1.55. The number of carboxylic acids is 1. The third-order valence-corrected chi connectivity index (χ3v) is 3.10. The number of rotatable bonds is 5. The van der Waals surface area contributed by atoms with Gasteiger partial charge in [0.25, 0.3) is 0 Å².